The first-order valence-electron chi connectivity index (χ1n) is 10.8. The number of likely N-dealkylation sites (tertiary alicyclic amines) is 1. The molecule has 0 aliphatic carbocycles. The second-order valence-corrected chi connectivity index (χ2v) is 8.16. The first-order valence-corrected chi connectivity index (χ1v) is 10.8. The summed E-state index contributed by atoms with van der Waals surface area (Å²) in [6.07, 6.45) is 3.06. The highest BCUT2D eigenvalue weighted by molar-refractivity contribution is 5.99. The predicted molar refractivity (Wildman–Crippen MR) is 117 cm³/mol. The van der Waals surface area contributed by atoms with E-state index in [-0.39, 0.29) is 11.5 Å². The van der Waals surface area contributed by atoms with E-state index in [9.17, 15) is 18.4 Å². The fraction of sp³-hybridized carbons (Fsp3) is 0.320. The van der Waals surface area contributed by atoms with Crippen LogP contribution in [0.3, 0.4) is 0 Å². The van der Waals surface area contributed by atoms with E-state index in [0.717, 1.165) is 35.1 Å². The lowest BCUT2D eigenvalue weighted by atomic mass is 9.88. The van der Waals surface area contributed by atoms with E-state index in [1.54, 1.807) is 15.8 Å². The fourth-order valence-electron chi connectivity index (χ4n) is 4.22. The van der Waals surface area contributed by atoms with Gasteiger partial charge in [-0.1, -0.05) is 24.6 Å². The zero-order chi connectivity index (χ0) is 22.8. The molecule has 0 saturated carbocycles. The van der Waals surface area contributed by atoms with Gasteiger partial charge in [0.25, 0.3) is 5.91 Å². The molecule has 0 atom stereocenters. The van der Waals surface area contributed by atoms with E-state index < -0.39 is 23.3 Å². The molecule has 0 bridgehead atoms. The maximum Gasteiger partial charge on any atom is 0.257 e. The minimum absolute atomic E-state index is 0.122. The van der Waals surface area contributed by atoms with Gasteiger partial charge < -0.3 is 4.90 Å². The molecule has 1 aliphatic heterocycles. The van der Waals surface area contributed by atoms with E-state index in [4.69, 9.17) is 0 Å². The molecule has 1 aromatic heterocycles. The number of nitrogens with zero attached hydrogens (tertiary/aromatic N) is 3. The van der Waals surface area contributed by atoms with Crippen molar-refractivity contribution < 1.29 is 18.4 Å². The van der Waals surface area contributed by atoms with Gasteiger partial charge >= 0.3 is 0 Å². The third-order valence-electron chi connectivity index (χ3n) is 6.06. The molecule has 0 spiro atoms. The molecule has 1 aliphatic rings. The minimum atomic E-state index is -0.717. The van der Waals surface area contributed by atoms with Crippen LogP contribution in [-0.4, -0.2) is 39.5 Å². The summed E-state index contributed by atoms with van der Waals surface area (Å²) in [4.78, 5) is 27.6. The minimum Gasteiger partial charge on any atom is -0.338 e. The number of amides is 1. The number of rotatable bonds is 5. The van der Waals surface area contributed by atoms with Crippen molar-refractivity contribution in [3.8, 4) is 5.69 Å². The van der Waals surface area contributed by atoms with Gasteiger partial charge in [-0.3, -0.25) is 9.59 Å². The van der Waals surface area contributed by atoms with Crippen LogP contribution in [0.15, 0.2) is 48.7 Å². The smallest absolute Gasteiger partial charge is 0.257 e. The molecule has 1 fully saturated rings. The Bertz CT molecular complexity index is 1150. The molecule has 4 rings (SSSR count). The van der Waals surface area contributed by atoms with E-state index in [1.165, 1.54) is 0 Å². The van der Waals surface area contributed by atoms with Crippen molar-refractivity contribution in [2.75, 3.05) is 13.1 Å². The summed E-state index contributed by atoms with van der Waals surface area (Å²) < 4.78 is 29.2. The Morgan fingerprint density at radius 2 is 1.72 bits per heavy atom. The van der Waals surface area contributed by atoms with Gasteiger partial charge in [-0.15, -0.1) is 0 Å². The number of carbonyl (C=O) groups excluding carboxylic acids is 2. The molecule has 166 valence electrons. The van der Waals surface area contributed by atoms with Crippen molar-refractivity contribution in [3.05, 3.63) is 82.7 Å². The summed E-state index contributed by atoms with van der Waals surface area (Å²) in [5.74, 6) is -2.32. The number of piperidine rings is 1. The summed E-state index contributed by atoms with van der Waals surface area (Å²) in [6, 6.07) is 10.9. The van der Waals surface area contributed by atoms with Crippen LogP contribution in [0, 0.1) is 24.5 Å². The number of Topliss-reactive ketones (excluding diaryl/α,β-unsaturated/α-hetero) is 1. The van der Waals surface area contributed by atoms with Gasteiger partial charge in [-0.05, 0) is 56.5 Å². The molecule has 0 radical (unpaired) electrons. The second kappa shape index (κ2) is 9.02. The van der Waals surface area contributed by atoms with Gasteiger partial charge in [-0.2, -0.15) is 5.10 Å². The van der Waals surface area contributed by atoms with Crippen molar-refractivity contribution in [1.29, 1.82) is 0 Å². The third kappa shape index (κ3) is 4.20. The van der Waals surface area contributed by atoms with Crippen molar-refractivity contribution >= 4 is 11.7 Å². The van der Waals surface area contributed by atoms with Crippen molar-refractivity contribution in [3.63, 3.8) is 0 Å². The number of hydrogen-bond acceptors (Lipinski definition) is 3. The molecular weight excluding hydrogens is 412 g/mol. The lowest BCUT2D eigenvalue weighted by molar-refractivity contribution is 0.0648. The van der Waals surface area contributed by atoms with Gasteiger partial charge in [0, 0.05) is 19.0 Å². The molecular formula is C25H25F2N3O2. The van der Waals surface area contributed by atoms with Crippen molar-refractivity contribution in [2.24, 2.45) is 5.92 Å². The average molecular weight is 437 g/mol. The average Bonchev–Trinajstić information content (AvgIpc) is 3.24. The maximum atomic E-state index is 14.0. The van der Waals surface area contributed by atoms with Crippen LogP contribution >= 0.6 is 0 Å². The van der Waals surface area contributed by atoms with E-state index in [2.05, 4.69) is 5.10 Å². The Labute approximate surface area is 185 Å². The first kappa shape index (κ1) is 21.9. The van der Waals surface area contributed by atoms with Crippen molar-refractivity contribution in [2.45, 2.75) is 33.1 Å². The Balaban J connectivity index is 1.47. The van der Waals surface area contributed by atoms with Crippen LogP contribution < -0.4 is 0 Å². The van der Waals surface area contributed by atoms with Gasteiger partial charge in [0.05, 0.1) is 28.7 Å². The highest BCUT2D eigenvalue weighted by atomic mass is 19.1. The monoisotopic (exact) mass is 437 g/mol. The fourth-order valence-corrected chi connectivity index (χ4v) is 4.22. The van der Waals surface area contributed by atoms with Crippen LogP contribution in [0.25, 0.3) is 5.69 Å². The van der Waals surface area contributed by atoms with Crippen LogP contribution in [0.2, 0.25) is 0 Å². The summed E-state index contributed by atoms with van der Waals surface area (Å²) in [5.41, 5.74) is 3.20. The lowest BCUT2D eigenvalue weighted by Gasteiger charge is -2.31. The number of carbonyl (C=O) groups is 2. The quantitative estimate of drug-likeness (QED) is 0.541. The SMILES string of the molecule is CCc1c(C(=O)N2CCC(C(=O)c3cc(F)ccc3F)CC2)cnn1-c1ccc(C)cc1. The zero-order valence-electron chi connectivity index (χ0n) is 18.1. The zero-order valence-corrected chi connectivity index (χ0v) is 18.1. The van der Waals surface area contributed by atoms with E-state index in [0.29, 0.717) is 37.9 Å². The molecule has 0 unspecified atom stereocenters. The Kier molecular flexibility index (Phi) is 6.17. The van der Waals surface area contributed by atoms with Crippen LogP contribution in [-0.2, 0) is 6.42 Å². The molecule has 1 saturated heterocycles. The highest BCUT2D eigenvalue weighted by Gasteiger charge is 2.31. The lowest BCUT2D eigenvalue weighted by Crippen LogP contribution is -2.40. The topological polar surface area (TPSA) is 55.2 Å². The highest BCUT2D eigenvalue weighted by Crippen LogP contribution is 2.26. The molecule has 5 nitrogen and oxygen atoms in total. The van der Waals surface area contributed by atoms with Gasteiger partial charge in [-0.25, -0.2) is 13.5 Å². The Morgan fingerprint density at radius 3 is 2.38 bits per heavy atom. The van der Waals surface area contributed by atoms with Crippen LogP contribution in [0.1, 0.15) is 51.7 Å². The molecule has 7 heteroatoms. The molecule has 1 amide bonds. The summed E-state index contributed by atoms with van der Waals surface area (Å²) >= 11 is 0. The molecule has 2 heterocycles. The van der Waals surface area contributed by atoms with Crippen molar-refractivity contribution in [1.82, 2.24) is 14.7 Å². The largest absolute Gasteiger partial charge is 0.338 e. The third-order valence-corrected chi connectivity index (χ3v) is 6.06. The summed E-state index contributed by atoms with van der Waals surface area (Å²) in [5, 5.41) is 4.44. The number of hydrogen-bond donors (Lipinski definition) is 0. The summed E-state index contributed by atoms with van der Waals surface area (Å²) in [7, 11) is 0. The maximum absolute atomic E-state index is 14.0. The number of halogens is 2. The number of benzene rings is 2. The second-order valence-electron chi connectivity index (χ2n) is 8.16. The number of aromatic nitrogens is 2. The Hall–Kier alpha value is -3.35. The normalized spacial score (nSPS) is 14.6. The predicted octanol–water partition coefficient (Wildman–Crippen LogP) is 4.76. The standard InChI is InChI=1S/C25H25F2N3O2/c1-3-23-21(15-28-30(23)19-7-4-16(2)5-8-19)25(32)29-12-10-17(11-13-29)24(31)20-14-18(26)6-9-22(20)27/h4-9,14-15,17H,3,10-13H2,1-2H3. The van der Waals surface area contributed by atoms with Crippen LogP contribution in [0.4, 0.5) is 8.78 Å². The molecule has 32 heavy (non-hydrogen) atoms. The molecule has 3 aromatic rings. The molecule has 2 aromatic carbocycles. The Morgan fingerprint density at radius 1 is 1.03 bits per heavy atom. The molecule has 0 N–H and O–H groups in total. The first-order chi connectivity index (χ1) is 15.4. The van der Waals surface area contributed by atoms with E-state index >= 15 is 0 Å². The number of ketones is 1. The van der Waals surface area contributed by atoms with Gasteiger partial charge in [0.2, 0.25) is 0 Å². The van der Waals surface area contributed by atoms with E-state index in [1.807, 2.05) is 38.1 Å². The van der Waals surface area contributed by atoms with Gasteiger partial charge in [0.15, 0.2) is 5.78 Å². The number of aryl methyl sites for hydroxylation is 1. The summed E-state index contributed by atoms with van der Waals surface area (Å²) in [6.45, 7) is 4.76. The van der Waals surface area contributed by atoms with Crippen LogP contribution in [0.5, 0.6) is 0 Å². The van der Waals surface area contributed by atoms with Gasteiger partial charge in [0.1, 0.15) is 11.6 Å².